The number of carbonyl (C=O) groups excluding carboxylic acids is 2. The molecule has 20 heavy (non-hydrogen) atoms. The van der Waals surface area contributed by atoms with E-state index >= 15 is 0 Å². The first-order valence-corrected chi connectivity index (χ1v) is 6.76. The lowest BCUT2D eigenvalue weighted by atomic mass is 10.1. The van der Waals surface area contributed by atoms with Crippen molar-refractivity contribution in [2.45, 2.75) is 12.5 Å². The first kappa shape index (κ1) is 16.6. The highest BCUT2D eigenvalue weighted by molar-refractivity contribution is 9.10. The number of nitrogens with one attached hydrogen (secondary N) is 2. The zero-order chi connectivity index (χ0) is 15.2. The van der Waals surface area contributed by atoms with Crippen LogP contribution in [0.25, 0.3) is 0 Å². The SMILES string of the molecule is CC(CO)(CO)NC(=O)CNC(=O)c1cccc(Br)c1. The maximum absolute atomic E-state index is 11.8. The predicted octanol–water partition coefficient (Wildman–Crippen LogP) is 0.0384. The van der Waals surface area contributed by atoms with Gasteiger partial charge in [-0.25, -0.2) is 0 Å². The van der Waals surface area contributed by atoms with Crippen molar-refractivity contribution in [2.24, 2.45) is 0 Å². The van der Waals surface area contributed by atoms with Gasteiger partial charge in [0.15, 0.2) is 0 Å². The molecule has 0 saturated carbocycles. The first-order valence-electron chi connectivity index (χ1n) is 5.97. The van der Waals surface area contributed by atoms with E-state index in [1.54, 1.807) is 24.3 Å². The van der Waals surface area contributed by atoms with Crippen molar-refractivity contribution in [3.05, 3.63) is 34.3 Å². The largest absolute Gasteiger partial charge is 0.394 e. The smallest absolute Gasteiger partial charge is 0.251 e. The highest BCUT2D eigenvalue weighted by Gasteiger charge is 2.24. The van der Waals surface area contributed by atoms with Crippen LogP contribution in [0.2, 0.25) is 0 Å². The second-order valence-electron chi connectivity index (χ2n) is 4.62. The summed E-state index contributed by atoms with van der Waals surface area (Å²) in [4.78, 5) is 23.4. The Hall–Kier alpha value is -1.44. The van der Waals surface area contributed by atoms with E-state index in [9.17, 15) is 9.59 Å². The molecule has 1 aromatic rings. The maximum Gasteiger partial charge on any atom is 0.251 e. The third kappa shape index (κ3) is 4.92. The third-order valence-corrected chi connectivity index (χ3v) is 3.13. The number of hydrogen-bond donors (Lipinski definition) is 4. The Morgan fingerprint density at radius 3 is 2.50 bits per heavy atom. The molecular weight excluding hydrogens is 328 g/mol. The lowest BCUT2D eigenvalue weighted by Gasteiger charge is -2.26. The summed E-state index contributed by atoms with van der Waals surface area (Å²) in [6.07, 6.45) is 0. The van der Waals surface area contributed by atoms with Gasteiger partial charge in [0.25, 0.3) is 5.91 Å². The second kappa shape index (κ2) is 7.37. The molecule has 0 spiro atoms. The van der Waals surface area contributed by atoms with Crippen LogP contribution in [0.5, 0.6) is 0 Å². The van der Waals surface area contributed by atoms with Crippen molar-refractivity contribution >= 4 is 27.7 Å². The van der Waals surface area contributed by atoms with Crippen molar-refractivity contribution in [2.75, 3.05) is 19.8 Å². The number of aliphatic hydroxyl groups excluding tert-OH is 2. The Morgan fingerprint density at radius 1 is 1.30 bits per heavy atom. The number of carbonyl (C=O) groups is 2. The summed E-state index contributed by atoms with van der Waals surface area (Å²) in [5.41, 5.74) is -0.670. The predicted molar refractivity (Wildman–Crippen MR) is 77.2 cm³/mol. The summed E-state index contributed by atoms with van der Waals surface area (Å²) in [7, 11) is 0. The molecule has 0 radical (unpaired) electrons. The molecule has 0 aliphatic carbocycles. The van der Waals surface area contributed by atoms with Crippen molar-refractivity contribution in [3.8, 4) is 0 Å². The highest BCUT2D eigenvalue weighted by Crippen LogP contribution is 2.11. The van der Waals surface area contributed by atoms with Crippen LogP contribution < -0.4 is 10.6 Å². The van der Waals surface area contributed by atoms with Gasteiger partial charge in [0.1, 0.15) is 0 Å². The molecule has 2 amide bonds. The van der Waals surface area contributed by atoms with Crippen LogP contribution in [0, 0.1) is 0 Å². The van der Waals surface area contributed by atoms with E-state index in [0.29, 0.717) is 5.56 Å². The lowest BCUT2D eigenvalue weighted by molar-refractivity contribution is -0.123. The Balaban J connectivity index is 2.51. The summed E-state index contributed by atoms with van der Waals surface area (Å²) in [5.74, 6) is -0.866. The number of halogens is 1. The van der Waals surface area contributed by atoms with Crippen molar-refractivity contribution in [1.29, 1.82) is 0 Å². The molecule has 0 aliphatic heterocycles. The molecule has 0 aliphatic rings. The molecule has 0 bridgehead atoms. The average molecular weight is 345 g/mol. The molecule has 0 aromatic heterocycles. The van der Waals surface area contributed by atoms with E-state index < -0.39 is 24.7 Å². The van der Waals surface area contributed by atoms with Crippen molar-refractivity contribution < 1.29 is 19.8 Å². The topological polar surface area (TPSA) is 98.7 Å². The van der Waals surface area contributed by atoms with Crippen LogP contribution in [0.1, 0.15) is 17.3 Å². The molecule has 0 heterocycles. The van der Waals surface area contributed by atoms with E-state index in [0.717, 1.165) is 4.47 Å². The molecule has 4 N–H and O–H groups in total. The monoisotopic (exact) mass is 344 g/mol. The van der Waals surface area contributed by atoms with Gasteiger partial charge in [0.05, 0.1) is 25.3 Å². The molecule has 0 fully saturated rings. The van der Waals surface area contributed by atoms with Gasteiger partial charge in [-0.2, -0.15) is 0 Å². The molecule has 0 saturated heterocycles. The van der Waals surface area contributed by atoms with Crippen LogP contribution in [-0.4, -0.2) is 47.3 Å². The van der Waals surface area contributed by atoms with Crippen LogP contribution in [-0.2, 0) is 4.79 Å². The van der Waals surface area contributed by atoms with E-state index in [1.165, 1.54) is 6.92 Å². The fourth-order valence-corrected chi connectivity index (χ4v) is 1.80. The van der Waals surface area contributed by atoms with Crippen LogP contribution in [0.4, 0.5) is 0 Å². The molecular formula is C13H17BrN2O4. The fraction of sp³-hybridized carbons (Fsp3) is 0.385. The zero-order valence-electron chi connectivity index (χ0n) is 11.0. The molecule has 110 valence electrons. The zero-order valence-corrected chi connectivity index (χ0v) is 12.6. The second-order valence-corrected chi connectivity index (χ2v) is 5.53. The van der Waals surface area contributed by atoms with Gasteiger partial charge in [-0.05, 0) is 25.1 Å². The number of aliphatic hydroxyl groups is 2. The summed E-state index contributed by atoms with van der Waals surface area (Å²) < 4.78 is 0.766. The molecule has 0 unspecified atom stereocenters. The quantitative estimate of drug-likeness (QED) is 0.585. The highest BCUT2D eigenvalue weighted by atomic mass is 79.9. The normalized spacial score (nSPS) is 11.0. The van der Waals surface area contributed by atoms with Crippen molar-refractivity contribution in [1.82, 2.24) is 10.6 Å². The van der Waals surface area contributed by atoms with Gasteiger partial charge in [0, 0.05) is 10.0 Å². The van der Waals surface area contributed by atoms with Gasteiger partial charge < -0.3 is 20.8 Å². The van der Waals surface area contributed by atoms with E-state index in [-0.39, 0.29) is 12.5 Å². The van der Waals surface area contributed by atoms with E-state index in [4.69, 9.17) is 10.2 Å². The molecule has 6 nitrogen and oxygen atoms in total. The maximum atomic E-state index is 11.8. The Morgan fingerprint density at radius 2 is 1.95 bits per heavy atom. The number of amides is 2. The number of rotatable bonds is 6. The summed E-state index contributed by atoms with van der Waals surface area (Å²) >= 11 is 3.25. The van der Waals surface area contributed by atoms with Gasteiger partial charge in [0.2, 0.25) is 5.91 Å². The van der Waals surface area contributed by atoms with Gasteiger partial charge in [-0.3, -0.25) is 9.59 Å². The third-order valence-electron chi connectivity index (χ3n) is 2.64. The Labute approximate surface area is 125 Å². The lowest BCUT2D eigenvalue weighted by Crippen LogP contribution is -2.54. The minimum Gasteiger partial charge on any atom is -0.394 e. The first-order chi connectivity index (χ1) is 9.40. The standard InChI is InChI=1S/C13H17BrN2O4/c1-13(7-17,8-18)16-11(19)6-15-12(20)9-3-2-4-10(14)5-9/h2-5,17-18H,6-8H2,1H3,(H,15,20)(H,16,19). The van der Waals surface area contributed by atoms with Crippen LogP contribution in [0.15, 0.2) is 28.7 Å². The molecule has 1 rings (SSSR count). The minimum absolute atomic E-state index is 0.235. The Bertz CT molecular complexity index is 489. The average Bonchev–Trinajstić information content (AvgIpc) is 2.44. The van der Waals surface area contributed by atoms with E-state index in [2.05, 4.69) is 26.6 Å². The summed E-state index contributed by atoms with van der Waals surface area (Å²) in [6.45, 7) is 0.478. The summed E-state index contributed by atoms with van der Waals surface area (Å²) in [6, 6.07) is 6.77. The minimum atomic E-state index is -1.10. The molecule has 7 heteroatoms. The van der Waals surface area contributed by atoms with Gasteiger partial charge in [-0.15, -0.1) is 0 Å². The molecule has 1 aromatic carbocycles. The van der Waals surface area contributed by atoms with Crippen LogP contribution in [0.3, 0.4) is 0 Å². The molecule has 0 atom stereocenters. The van der Waals surface area contributed by atoms with Crippen LogP contribution >= 0.6 is 15.9 Å². The summed E-state index contributed by atoms with van der Waals surface area (Å²) in [5, 5.41) is 23.0. The van der Waals surface area contributed by atoms with Gasteiger partial charge >= 0.3 is 0 Å². The Kier molecular flexibility index (Phi) is 6.12. The fourth-order valence-electron chi connectivity index (χ4n) is 1.40. The van der Waals surface area contributed by atoms with E-state index in [1.807, 2.05) is 0 Å². The van der Waals surface area contributed by atoms with Crippen molar-refractivity contribution in [3.63, 3.8) is 0 Å². The number of hydrogen-bond acceptors (Lipinski definition) is 4. The van der Waals surface area contributed by atoms with Gasteiger partial charge in [-0.1, -0.05) is 22.0 Å². The number of benzene rings is 1.